The standard InChI is InChI=1S/C10H14N2O2/c1-3-13-8-4-6(2)12-10-9(8)7(11)5-14-10/h4,7H,3,5,11H2,1-2H3. The molecule has 2 rings (SSSR count). The smallest absolute Gasteiger partial charge is 0.222 e. The Labute approximate surface area is 83.0 Å². The monoisotopic (exact) mass is 194 g/mol. The first-order chi connectivity index (χ1) is 6.72. The van der Waals surface area contributed by atoms with E-state index in [0.29, 0.717) is 19.1 Å². The minimum absolute atomic E-state index is 0.111. The van der Waals surface area contributed by atoms with E-state index >= 15 is 0 Å². The third-order valence-corrected chi connectivity index (χ3v) is 2.18. The van der Waals surface area contributed by atoms with Gasteiger partial charge in [-0.1, -0.05) is 0 Å². The largest absolute Gasteiger partial charge is 0.493 e. The molecule has 0 bridgehead atoms. The molecule has 0 amide bonds. The zero-order valence-electron chi connectivity index (χ0n) is 8.41. The van der Waals surface area contributed by atoms with Crippen molar-refractivity contribution in [2.45, 2.75) is 19.9 Å². The van der Waals surface area contributed by atoms with Gasteiger partial charge in [-0.05, 0) is 13.8 Å². The molecule has 1 aromatic rings. The van der Waals surface area contributed by atoms with Crippen LogP contribution in [0.15, 0.2) is 6.07 Å². The van der Waals surface area contributed by atoms with Crippen molar-refractivity contribution in [2.75, 3.05) is 13.2 Å². The van der Waals surface area contributed by atoms with Crippen molar-refractivity contribution in [2.24, 2.45) is 5.73 Å². The maximum Gasteiger partial charge on any atom is 0.222 e. The average Bonchev–Trinajstić information content (AvgIpc) is 2.48. The summed E-state index contributed by atoms with van der Waals surface area (Å²) in [5.74, 6) is 1.43. The first-order valence-corrected chi connectivity index (χ1v) is 4.75. The van der Waals surface area contributed by atoms with E-state index < -0.39 is 0 Å². The molecule has 0 fully saturated rings. The van der Waals surface area contributed by atoms with Crippen LogP contribution in [0.5, 0.6) is 11.6 Å². The highest BCUT2D eigenvalue weighted by Crippen LogP contribution is 2.37. The van der Waals surface area contributed by atoms with Crippen molar-refractivity contribution in [3.63, 3.8) is 0 Å². The molecular weight excluding hydrogens is 180 g/mol. The second-order valence-corrected chi connectivity index (χ2v) is 3.33. The number of pyridine rings is 1. The summed E-state index contributed by atoms with van der Waals surface area (Å²) < 4.78 is 10.9. The van der Waals surface area contributed by atoms with Crippen LogP contribution in [0.1, 0.15) is 24.2 Å². The third kappa shape index (κ3) is 1.42. The van der Waals surface area contributed by atoms with Crippen LogP contribution in [-0.4, -0.2) is 18.2 Å². The normalized spacial score (nSPS) is 18.9. The molecule has 0 spiro atoms. The molecule has 1 aliphatic rings. The van der Waals surface area contributed by atoms with Crippen molar-refractivity contribution in [3.05, 3.63) is 17.3 Å². The lowest BCUT2D eigenvalue weighted by atomic mass is 10.1. The first-order valence-electron chi connectivity index (χ1n) is 4.75. The molecule has 1 aliphatic heterocycles. The Hall–Kier alpha value is -1.29. The molecule has 14 heavy (non-hydrogen) atoms. The van der Waals surface area contributed by atoms with E-state index in [-0.39, 0.29) is 6.04 Å². The van der Waals surface area contributed by atoms with Gasteiger partial charge in [-0.15, -0.1) is 0 Å². The first kappa shape index (κ1) is 9.27. The van der Waals surface area contributed by atoms with Crippen LogP contribution in [0.3, 0.4) is 0 Å². The number of hydrogen-bond acceptors (Lipinski definition) is 4. The molecule has 0 radical (unpaired) electrons. The van der Waals surface area contributed by atoms with Gasteiger partial charge in [0.05, 0.1) is 18.2 Å². The molecule has 4 nitrogen and oxygen atoms in total. The number of aromatic nitrogens is 1. The van der Waals surface area contributed by atoms with Crippen LogP contribution in [0, 0.1) is 6.92 Å². The molecule has 2 heterocycles. The Bertz CT molecular complexity index is 352. The van der Waals surface area contributed by atoms with Gasteiger partial charge in [-0.25, -0.2) is 4.98 Å². The lowest BCUT2D eigenvalue weighted by molar-refractivity contribution is 0.322. The molecule has 1 atom stereocenters. The second-order valence-electron chi connectivity index (χ2n) is 3.33. The summed E-state index contributed by atoms with van der Waals surface area (Å²) in [6, 6.07) is 1.79. The van der Waals surface area contributed by atoms with E-state index in [4.69, 9.17) is 15.2 Å². The number of ether oxygens (including phenoxy) is 2. The SMILES string of the molecule is CCOc1cc(C)nc2c1C(N)CO2. The summed E-state index contributed by atoms with van der Waals surface area (Å²) in [6.07, 6.45) is 0. The Morgan fingerprint density at radius 1 is 1.71 bits per heavy atom. The molecule has 0 saturated carbocycles. The predicted octanol–water partition coefficient (Wildman–Crippen LogP) is 1.18. The quantitative estimate of drug-likeness (QED) is 0.768. The maximum atomic E-state index is 5.88. The van der Waals surface area contributed by atoms with Crippen LogP contribution < -0.4 is 15.2 Å². The third-order valence-electron chi connectivity index (χ3n) is 2.18. The van der Waals surface area contributed by atoms with Gasteiger partial charge in [0.15, 0.2) is 0 Å². The Morgan fingerprint density at radius 3 is 3.21 bits per heavy atom. The topological polar surface area (TPSA) is 57.4 Å². The van der Waals surface area contributed by atoms with Gasteiger partial charge in [0.2, 0.25) is 5.88 Å². The van der Waals surface area contributed by atoms with E-state index in [2.05, 4.69) is 4.98 Å². The Kier molecular flexibility index (Phi) is 2.29. The van der Waals surface area contributed by atoms with Crippen molar-refractivity contribution in [1.82, 2.24) is 4.98 Å². The van der Waals surface area contributed by atoms with Crippen molar-refractivity contribution >= 4 is 0 Å². The molecule has 1 unspecified atom stereocenters. The Balaban J connectivity index is 2.47. The number of aryl methyl sites for hydroxylation is 1. The molecule has 0 aliphatic carbocycles. The van der Waals surface area contributed by atoms with E-state index in [0.717, 1.165) is 17.0 Å². The molecule has 76 valence electrons. The van der Waals surface area contributed by atoms with E-state index in [9.17, 15) is 0 Å². The van der Waals surface area contributed by atoms with E-state index in [1.54, 1.807) is 0 Å². The van der Waals surface area contributed by atoms with Crippen LogP contribution in [0.2, 0.25) is 0 Å². The molecule has 1 aromatic heterocycles. The number of nitrogens with two attached hydrogens (primary N) is 1. The maximum absolute atomic E-state index is 5.88. The molecule has 4 heteroatoms. The van der Waals surface area contributed by atoms with Crippen molar-refractivity contribution < 1.29 is 9.47 Å². The van der Waals surface area contributed by atoms with E-state index in [1.807, 2.05) is 19.9 Å². The van der Waals surface area contributed by atoms with Gasteiger partial charge in [0.25, 0.3) is 0 Å². The van der Waals surface area contributed by atoms with Crippen molar-refractivity contribution in [1.29, 1.82) is 0 Å². The average molecular weight is 194 g/mol. The molecular formula is C10H14N2O2. The fourth-order valence-corrected chi connectivity index (χ4v) is 1.60. The fourth-order valence-electron chi connectivity index (χ4n) is 1.60. The molecule has 0 saturated heterocycles. The summed E-state index contributed by atoms with van der Waals surface area (Å²) in [5.41, 5.74) is 7.67. The highest BCUT2D eigenvalue weighted by atomic mass is 16.5. The van der Waals surface area contributed by atoms with Gasteiger partial charge in [0, 0.05) is 11.8 Å². The van der Waals surface area contributed by atoms with Crippen LogP contribution in [-0.2, 0) is 0 Å². The van der Waals surface area contributed by atoms with Gasteiger partial charge in [0.1, 0.15) is 12.4 Å². The molecule has 0 aromatic carbocycles. The summed E-state index contributed by atoms with van der Waals surface area (Å²) in [6.45, 7) is 4.98. The summed E-state index contributed by atoms with van der Waals surface area (Å²) >= 11 is 0. The minimum Gasteiger partial charge on any atom is -0.493 e. The van der Waals surface area contributed by atoms with Crippen LogP contribution in [0.25, 0.3) is 0 Å². The molecule has 2 N–H and O–H groups in total. The highest BCUT2D eigenvalue weighted by molar-refractivity contribution is 5.46. The minimum atomic E-state index is -0.111. The lowest BCUT2D eigenvalue weighted by Crippen LogP contribution is -2.12. The van der Waals surface area contributed by atoms with Gasteiger partial charge in [-0.3, -0.25) is 0 Å². The summed E-state index contributed by atoms with van der Waals surface area (Å²) in [5, 5.41) is 0. The van der Waals surface area contributed by atoms with Gasteiger partial charge < -0.3 is 15.2 Å². The van der Waals surface area contributed by atoms with Crippen molar-refractivity contribution in [3.8, 4) is 11.6 Å². The number of hydrogen-bond donors (Lipinski definition) is 1. The van der Waals surface area contributed by atoms with Gasteiger partial charge in [-0.2, -0.15) is 0 Å². The lowest BCUT2D eigenvalue weighted by Gasteiger charge is -2.10. The van der Waals surface area contributed by atoms with Crippen LogP contribution in [0.4, 0.5) is 0 Å². The zero-order valence-corrected chi connectivity index (χ0v) is 8.41. The van der Waals surface area contributed by atoms with E-state index in [1.165, 1.54) is 0 Å². The highest BCUT2D eigenvalue weighted by Gasteiger charge is 2.26. The van der Waals surface area contributed by atoms with Crippen LogP contribution >= 0.6 is 0 Å². The Morgan fingerprint density at radius 2 is 2.50 bits per heavy atom. The summed E-state index contributed by atoms with van der Waals surface area (Å²) in [4.78, 5) is 4.26. The fraction of sp³-hybridized carbons (Fsp3) is 0.500. The number of fused-ring (bicyclic) bond motifs is 1. The predicted molar refractivity (Wildman–Crippen MR) is 52.6 cm³/mol. The summed E-state index contributed by atoms with van der Waals surface area (Å²) in [7, 11) is 0. The second kappa shape index (κ2) is 3.46. The zero-order chi connectivity index (χ0) is 10.1. The number of rotatable bonds is 2. The van der Waals surface area contributed by atoms with Gasteiger partial charge >= 0.3 is 0 Å². The number of nitrogens with zero attached hydrogens (tertiary/aromatic N) is 1.